The number of nitrogens with zero attached hydrogens (tertiary/aromatic N) is 2. The van der Waals surface area contributed by atoms with E-state index in [9.17, 15) is 4.79 Å². The van der Waals surface area contributed by atoms with Crippen LogP contribution < -0.4 is 15.2 Å². The molecule has 0 bridgehead atoms. The summed E-state index contributed by atoms with van der Waals surface area (Å²) in [6.07, 6.45) is 0. The van der Waals surface area contributed by atoms with Gasteiger partial charge in [-0.25, -0.2) is 4.98 Å². The van der Waals surface area contributed by atoms with Crippen molar-refractivity contribution >= 4 is 22.4 Å². The smallest absolute Gasteiger partial charge is 0.273 e. The molecule has 0 aliphatic rings. The van der Waals surface area contributed by atoms with E-state index in [0.717, 1.165) is 5.56 Å². The van der Waals surface area contributed by atoms with Crippen molar-refractivity contribution in [3.63, 3.8) is 0 Å². The number of nitrogen functional groups attached to an aromatic ring is 1. The van der Waals surface area contributed by atoms with Crippen LogP contribution in [0.1, 0.15) is 16.1 Å². The molecule has 1 amide bonds. The van der Waals surface area contributed by atoms with Gasteiger partial charge in [-0.05, 0) is 6.07 Å². The number of rotatable bonds is 5. The van der Waals surface area contributed by atoms with Crippen molar-refractivity contribution in [3.8, 4) is 11.5 Å². The number of hydrogen-bond donors (Lipinski definition) is 1. The van der Waals surface area contributed by atoms with Crippen LogP contribution >= 0.6 is 11.3 Å². The molecule has 1 heterocycles. The third-order valence-corrected chi connectivity index (χ3v) is 3.65. The third-order valence-electron chi connectivity index (χ3n) is 2.98. The summed E-state index contributed by atoms with van der Waals surface area (Å²) < 4.78 is 10.6. The van der Waals surface area contributed by atoms with Gasteiger partial charge in [0.25, 0.3) is 5.91 Å². The van der Waals surface area contributed by atoms with Crippen LogP contribution in [0.5, 0.6) is 11.5 Å². The Bertz CT molecular complexity index is 642. The summed E-state index contributed by atoms with van der Waals surface area (Å²) in [5.41, 5.74) is 6.76. The molecule has 0 saturated heterocycles. The van der Waals surface area contributed by atoms with Gasteiger partial charge in [-0.3, -0.25) is 4.79 Å². The number of aromatic nitrogens is 1. The molecule has 0 unspecified atom stereocenters. The van der Waals surface area contributed by atoms with E-state index in [-0.39, 0.29) is 5.91 Å². The average molecular weight is 307 g/mol. The van der Waals surface area contributed by atoms with Crippen molar-refractivity contribution in [1.29, 1.82) is 0 Å². The molecular weight excluding hydrogens is 290 g/mol. The summed E-state index contributed by atoms with van der Waals surface area (Å²) in [6.45, 7) is 0.386. The van der Waals surface area contributed by atoms with Crippen molar-refractivity contribution in [1.82, 2.24) is 9.88 Å². The van der Waals surface area contributed by atoms with Crippen LogP contribution in [0.15, 0.2) is 23.6 Å². The summed E-state index contributed by atoms with van der Waals surface area (Å²) in [5.74, 6) is 1.07. The van der Waals surface area contributed by atoms with Gasteiger partial charge >= 0.3 is 0 Å². The molecule has 2 aromatic rings. The molecule has 0 radical (unpaired) electrons. The normalized spacial score (nSPS) is 10.2. The Kier molecular flexibility index (Phi) is 4.64. The van der Waals surface area contributed by atoms with E-state index < -0.39 is 0 Å². The first kappa shape index (κ1) is 15.1. The second-order valence-electron chi connectivity index (χ2n) is 4.38. The van der Waals surface area contributed by atoms with Gasteiger partial charge in [0.2, 0.25) is 0 Å². The summed E-state index contributed by atoms with van der Waals surface area (Å²) in [4.78, 5) is 17.8. The molecule has 1 aromatic carbocycles. The Morgan fingerprint density at radius 2 is 2.14 bits per heavy atom. The number of hydrogen-bond acceptors (Lipinski definition) is 6. The fraction of sp³-hybridized carbons (Fsp3) is 0.286. The largest absolute Gasteiger partial charge is 0.493 e. The van der Waals surface area contributed by atoms with Crippen LogP contribution in [-0.4, -0.2) is 37.1 Å². The predicted octanol–water partition coefficient (Wildman–Crippen LogP) is 2.01. The number of ether oxygens (including phenoxy) is 2. The van der Waals surface area contributed by atoms with Crippen molar-refractivity contribution in [2.24, 2.45) is 0 Å². The van der Waals surface area contributed by atoms with Crippen LogP contribution in [0, 0.1) is 0 Å². The second kappa shape index (κ2) is 6.45. The van der Waals surface area contributed by atoms with Gasteiger partial charge in [-0.15, -0.1) is 11.3 Å². The van der Waals surface area contributed by atoms with E-state index >= 15 is 0 Å². The van der Waals surface area contributed by atoms with E-state index in [0.29, 0.717) is 28.9 Å². The number of amides is 1. The first-order valence-corrected chi connectivity index (χ1v) is 7.11. The van der Waals surface area contributed by atoms with Crippen LogP contribution in [0.4, 0.5) is 5.13 Å². The van der Waals surface area contributed by atoms with Gasteiger partial charge in [-0.2, -0.15) is 0 Å². The maximum Gasteiger partial charge on any atom is 0.273 e. The molecule has 2 N–H and O–H groups in total. The van der Waals surface area contributed by atoms with Gasteiger partial charge in [-0.1, -0.05) is 12.1 Å². The first-order chi connectivity index (χ1) is 10.1. The predicted molar refractivity (Wildman–Crippen MR) is 81.9 cm³/mol. The molecule has 6 nitrogen and oxygen atoms in total. The van der Waals surface area contributed by atoms with Gasteiger partial charge in [0.05, 0.1) is 14.2 Å². The SMILES string of the molecule is COc1cccc(CN(C)C(=O)c2csc(N)n2)c1OC. The monoisotopic (exact) mass is 307 g/mol. The van der Waals surface area contributed by atoms with Crippen LogP contribution in [0.3, 0.4) is 0 Å². The molecule has 0 fully saturated rings. The highest BCUT2D eigenvalue weighted by molar-refractivity contribution is 7.13. The molecule has 0 spiro atoms. The van der Waals surface area contributed by atoms with Crippen molar-refractivity contribution in [2.45, 2.75) is 6.54 Å². The number of para-hydroxylation sites is 1. The maximum atomic E-state index is 12.3. The quantitative estimate of drug-likeness (QED) is 0.914. The maximum absolute atomic E-state index is 12.3. The minimum absolute atomic E-state index is 0.187. The molecule has 0 saturated carbocycles. The zero-order chi connectivity index (χ0) is 15.4. The van der Waals surface area contributed by atoms with Gasteiger partial charge < -0.3 is 20.1 Å². The van der Waals surface area contributed by atoms with E-state index in [1.807, 2.05) is 18.2 Å². The molecule has 0 aliphatic heterocycles. The zero-order valence-electron chi connectivity index (χ0n) is 12.1. The van der Waals surface area contributed by atoms with Crippen LogP contribution in [0.2, 0.25) is 0 Å². The van der Waals surface area contributed by atoms with Gasteiger partial charge in [0.15, 0.2) is 16.6 Å². The minimum Gasteiger partial charge on any atom is -0.493 e. The average Bonchev–Trinajstić information content (AvgIpc) is 2.92. The van der Waals surface area contributed by atoms with E-state index in [2.05, 4.69) is 4.98 Å². The highest BCUT2D eigenvalue weighted by atomic mass is 32.1. The number of carbonyl (C=O) groups excluding carboxylic acids is 1. The number of nitrogens with two attached hydrogens (primary N) is 1. The minimum atomic E-state index is -0.187. The van der Waals surface area contributed by atoms with Crippen molar-refractivity contribution in [3.05, 3.63) is 34.8 Å². The molecule has 2 rings (SSSR count). The summed E-state index contributed by atoms with van der Waals surface area (Å²) in [6, 6.07) is 5.56. The lowest BCUT2D eigenvalue weighted by Gasteiger charge is -2.19. The third kappa shape index (κ3) is 3.25. The summed E-state index contributed by atoms with van der Waals surface area (Å²) in [5, 5.41) is 2.03. The number of methoxy groups -OCH3 is 2. The fourth-order valence-electron chi connectivity index (χ4n) is 1.99. The molecule has 0 aliphatic carbocycles. The van der Waals surface area contributed by atoms with Crippen molar-refractivity contribution in [2.75, 3.05) is 27.0 Å². The zero-order valence-corrected chi connectivity index (χ0v) is 12.9. The number of benzene rings is 1. The lowest BCUT2D eigenvalue weighted by atomic mass is 10.1. The number of carbonyl (C=O) groups is 1. The number of thiazole rings is 1. The Labute approximate surface area is 127 Å². The van der Waals surface area contributed by atoms with Crippen LogP contribution in [-0.2, 0) is 6.54 Å². The standard InChI is InChI=1S/C14H17N3O3S/c1-17(13(18)10-8-21-14(15)16-10)7-9-5-4-6-11(19-2)12(9)20-3/h4-6,8H,7H2,1-3H3,(H2,15,16). The summed E-state index contributed by atoms with van der Waals surface area (Å²) >= 11 is 1.24. The Morgan fingerprint density at radius 3 is 2.71 bits per heavy atom. The molecular formula is C14H17N3O3S. The number of anilines is 1. The van der Waals surface area contributed by atoms with E-state index in [1.165, 1.54) is 11.3 Å². The Morgan fingerprint density at radius 1 is 1.38 bits per heavy atom. The molecule has 1 aromatic heterocycles. The summed E-state index contributed by atoms with van der Waals surface area (Å²) in [7, 11) is 4.86. The van der Waals surface area contributed by atoms with Crippen LogP contribution in [0.25, 0.3) is 0 Å². The molecule has 0 atom stereocenters. The highest BCUT2D eigenvalue weighted by Gasteiger charge is 2.18. The Hall–Kier alpha value is -2.28. The van der Waals surface area contributed by atoms with Gasteiger partial charge in [0, 0.05) is 24.5 Å². The second-order valence-corrected chi connectivity index (χ2v) is 5.27. The van der Waals surface area contributed by atoms with E-state index in [4.69, 9.17) is 15.2 Å². The lowest BCUT2D eigenvalue weighted by molar-refractivity contribution is 0.0779. The first-order valence-electron chi connectivity index (χ1n) is 6.23. The lowest BCUT2D eigenvalue weighted by Crippen LogP contribution is -2.26. The molecule has 7 heteroatoms. The Balaban J connectivity index is 2.19. The molecule has 112 valence electrons. The topological polar surface area (TPSA) is 77.7 Å². The van der Waals surface area contributed by atoms with E-state index in [1.54, 1.807) is 31.5 Å². The van der Waals surface area contributed by atoms with Crippen molar-refractivity contribution < 1.29 is 14.3 Å². The molecule has 21 heavy (non-hydrogen) atoms. The highest BCUT2D eigenvalue weighted by Crippen LogP contribution is 2.31. The fourth-order valence-corrected chi connectivity index (χ4v) is 2.52. The van der Waals surface area contributed by atoms with Gasteiger partial charge in [0.1, 0.15) is 5.69 Å².